The molecule has 0 aliphatic carbocycles. The molecule has 0 spiro atoms. The van der Waals surface area contributed by atoms with Crippen molar-refractivity contribution in [2.24, 2.45) is 0 Å². The number of pyridine rings is 2. The van der Waals surface area contributed by atoms with E-state index >= 15 is 0 Å². The molecule has 0 atom stereocenters. The maximum atomic E-state index is 10.4. The van der Waals surface area contributed by atoms with Crippen molar-refractivity contribution in [2.45, 2.75) is 63.4 Å². The van der Waals surface area contributed by atoms with Crippen molar-refractivity contribution in [1.82, 2.24) is 0 Å². The Bertz CT molecular complexity index is 2060. The number of benzene rings is 4. The molecular weight excluding hydrogens is 645 g/mol. The quantitative estimate of drug-likeness (QED) is 0.108. The van der Waals surface area contributed by atoms with Crippen molar-refractivity contribution in [3.05, 3.63) is 144 Å². The molecule has 0 fully saturated rings. The highest BCUT2D eigenvalue weighted by molar-refractivity contribution is 7.86. The number of hydrogen-bond donors (Lipinski definition) is 0. The fourth-order valence-corrected chi connectivity index (χ4v) is 6.21. The SMILES string of the molecule is Cc1ccc(S(=O)(=O)[O-])cc1.Cc1ccc(S(=O)(=O)[O-])cc1.Cc1ccc2ccccc2[n+]1CCCC[n+]1c(C)ccc2ccccc21. The molecule has 8 nitrogen and oxygen atoms in total. The van der Waals surface area contributed by atoms with Crippen molar-refractivity contribution in [3.8, 4) is 0 Å². The molecule has 250 valence electrons. The van der Waals surface area contributed by atoms with Crippen molar-refractivity contribution in [2.75, 3.05) is 0 Å². The predicted molar refractivity (Wildman–Crippen MR) is 185 cm³/mol. The Balaban J connectivity index is 0.000000195. The number of para-hydroxylation sites is 2. The van der Waals surface area contributed by atoms with E-state index in [1.165, 1.54) is 70.3 Å². The van der Waals surface area contributed by atoms with E-state index in [0.717, 1.165) is 24.2 Å². The molecule has 6 rings (SSSR count). The number of aromatic nitrogens is 2. The summed E-state index contributed by atoms with van der Waals surface area (Å²) in [5, 5.41) is 2.63. The topological polar surface area (TPSA) is 122 Å². The normalized spacial score (nSPS) is 11.4. The minimum Gasteiger partial charge on any atom is -0.744 e. The summed E-state index contributed by atoms with van der Waals surface area (Å²) in [6.07, 6.45) is 2.35. The van der Waals surface area contributed by atoms with Gasteiger partial charge in [-0.05, 0) is 62.4 Å². The molecule has 0 N–H and O–H groups in total. The summed E-state index contributed by atoms with van der Waals surface area (Å²) in [5.41, 5.74) is 7.19. The molecule has 0 saturated heterocycles. The summed E-state index contributed by atoms with van der Waals surface area (Å²) in [5.74, 6) is 0. The van der Waals surface area contributed by atoms with E-state index in [-0.39, 0.29) is 9.79 Å². The van der Waals surface area contributed by atoms with Gasteiger partial charge in [-0.1, -0.05) is 59.7 Å². The highest BCUT2D eigenvalue weighted by Gasteiger charge is 2.15. The van der Waals surface area contributed by atoms with E-state index in [4.69, 9.17) is 0 Å². The van der Waals surface area contributed by atoms with Gasteiger partial charge in [-0.3, -0.25) is 0 Å². The van der Waals surface area contributed by atoms with Crippen LogP contribution in [0.4, 0.5) is 0 Å². The van der Waals surface area contributed by atoms with Crippen LogP contribution in [-0.2, 0) is 33.3 Å². The lowest BCUT2D eigenvalue weighted by Gasteiger charge is -2.06. The second kappa shape index (κ2) is 16.1. The molecule has 0 saturated carbocycles. The van der Waals surface area contributed by atoms with Crippen LogP contribution in [0, 0.1) is 27.7 Å². The largest absolute Gasteiger partial charge is 0.744 e. The van der Waals surface area contributed by atoms with Crippen molar-refractivity contribution < 1.29 is 35.1 Å². The third-order valence-electron chi connectivity index (χ3n) is 7.95. The van der Waals surface area contributed by atoms with Gasteiger partial charge in [0.2, 0.25) is 11.0 Å². The Hall–Kier alpha value is -4.48. The molecule has 0 aliphatic rings. The maximum absolute atomic E-state index is 10.4. The van der Waals surface area contributed by atoms with E-state index in [0.29, 0.717) is 0 Å². The fourth-order valence-electron chi connectivity index (χ4n) is 5.27. The molecule has 0 aliphatic heterocycles. The molecule has 48 heavy (non-hydrogen) atoms. The van der Waals surface area contributed by atoms with Crippen molar-refractivity contribution >= 4 is 42.0 Å². The average molecular weight is 685 g/mol. The summed E-state index contributed by atoms with van der Waals surface area (Å²) < 4.78 is 67.2. The van der Waals surface area contributed by atoms with Gasteiger partial charge in [0.05, 0.1) is 9.79 Å². The molecular formula is C38H40N2O6S2. The van der Waals surface area contributed by atoms with Gasteiger partial charge < -0.3 is 9.11 Å². The van der Waals surface area contributed by atoms with Gasteiger partial charge in [-0.2, -0.15) is 9.13 Å². The first kappa shape index (κ1) is 36.4. The van der Waals surface area contributed by atoms with Gasteiger partial charge in [0.25, 0.3) is 0 Å². The molecule has 0 unspecified atom stereocenters. The molecule has 2 heterocycles. The molecule has 10 heteroatoms. The molecule has 6 aromatic rings. The monoisotopic (exact) mass is 684 g/mol. The average Bonchev–Trinajstić information content (AvgIpc) is 3.05. The second-order valence-electron chi connectivity index (χ2n) is 11.6. The van der Waals surface area contributed by atoms with Crippen LogP contribution in [0.2, 0.25) is 0 Å². The van der Waals surface area contributed by atoms with E-state index in [2.05, 4.69) is 95.8 Å². The Morgan fingerprint density at radius 3 is 1.12 bits per heavy atom. The van der Waals surface area contributed by atoms with E-state index in [1.54, 1.807) is 24.3 Å². The predicted octanol–water partition coefficient (Wildman–Crippen LogP) is 6.46. The summed E-state index contributed by atoms with van der Waals surface area (Å²) >= 11 is 0. The highest BCUT2D eigenvalue weighted by atomic mass is 32.2. The first-order valence-corrected chi connectivity index (χ1v) is 18.4. The number of hydrogen-bond acceptors (Lipinski definition) is 6. The fraction of sp³-hybridized carbons (Fsp3) is 0.211. The molecule has 0 bridgehead atoms. The van der Waals surface area contributed by atoms with Crippen LogP contribution in [0.3, 0.4) is 0 Å². The van der Waals surface area contributed by atoms with Crippen LogP contribution >= 0.6 is 0 Å². The van der Waals surface area contributed by atoms with Gasteiger partial charge in [-0.15, -0.1) is 0 Å². The molecule has 2 aromatic heterocycles. The standard InChI is InChI=1S/C24H26N2.2C7H8O3S/c1-19-13-15-21-9-3-5-11-23(21)25(19)17-7-8-18-26-20(2)14-16-22-10-4-6-12-24(22)26;2*1-6-2-4-7(5-3-6)11(8,9)10/h3-6,9-16H,7-8,17-18H2,1-2H3;2*2-5H,1H3,(H,8,9,10)/q+2;;/p-2. The molecule has 0 amide bonds. The third-order valence-corrected chi connectivity index (χ3v) is 9.65. The van der Waals surface area contributed by atoms with Crippen LogP contribution in [0.25, 0.3) is 21.8 Å². The van der Waals surface area contributed by atoms with E-state index < -0.39 is 20.2 Å². The minimum absolute atomic E-state index is 0.178. The zero-order valence-corrected chi connectivity index (χ0v) is 29.2. The Kier molecular flexibility index (Phi) is 12.2. The maximum Gasteiger partial charge on any atom is 0.212 e. The number of unbranched alkanes of at least 4 members (excludes halogenated alkanes) is 1. The van der Waals surface area contributed by atoms with Crippen LogP contribution in [-0.4, -0.2) is 25.9 Å². The van der Waals surface area contributed by atoms with Crippen LogP contribution in [0.5, 0.6) is 0 Å². The smallest absolute Gasteiger partial charge is 0.212 e. The van der Waals surface area contributed by atoms with Gasteiger partial charge >= 0.3 is 0 Å². The zero-order chi connectivity index (χ0) is 34.9. The van der Waals surface area contributed by atoms with E-state index in [1.807, 2.05) is 13.8 Å². The molecule has 0 radical (unpaired) electrons. The number of nitrogens with zero attached hydrogens (tertiary/aromatic N) is 2. The Morgan fingerprint density at radius 2 is 0.792 bits per heavy atom. The number of aryl methyl sites for hydroxylation is 6. The van der Waals surface area contributed by atoms with Crippen LogP contribution in [0.15, 0.2) is 131 Å². The van der Waals surface area contributed by atoms with Gasteiger partial charge in [-0.25, -0.2) is 16.8 Å². The summed E-state index contributed by atoms with van der Waals surface area (Å²) in [6.45, 7) is 10.2. The van der Waals surface area contributed by atoms with E-state index in [9.17, 15) is 25.9 Å². The molecule has 4 aromatic carbocycles. The Morgan fingerprint density at radius 1 is 0.458 bits per heavy atom. The third kappa shape index (κ3) is 10.0. The van der Waals surface area contributed by atoms with Crippen molar-refractivity contribution in [3.63, 3.8) is 0 Å². The van der Waals surface area contributed by atoms with Crippen molar-refractivity contribution in [1.29, 1.82) is 0 Å². The lowest BCUT2D eigenvalue weighted by molar-refractivity contribution is -0.689. The van der Waals surface area contributed by atoms with Gasteiger partial charge in [0.15, 0.2) is 11.4 Å². The lowest BCUT2D eigenvalue weighted by Crippen LogP contribution is -2.40. The second-order valence-corrected chi connectivity index (χ2v) is 14.4. The summed E-state index contributed by atoms with van der Waals surface area (Å²) in [6, 6.07) is 37.8. The summed E-state index contributed by atoms with van der Waals surface area (Å²) in [4.78, 5) is -0.355. The first-order chi connectivity index (χ1) is 22.7. The number of rotatable bonds is 7. The zero-order valence-electron chi connectivity index (χ0n) is 27.5. The minimum atomic E-state index is -4.27. The van der Waals surface area contributed by atoms with Gasteiger partial charge in [0, 0.05) is 61.7 Å². The van der Waals surface area contributed by atoms with Gasteiger partial charge in [0.1, 0.15) is 33.3 Å². The van der Waals surface area contributed by atoms with Crippen LogP contribution < -0.4 is 9.13 Å². The highest BCUT2D eigenvalue weighted by Crippen LogP contribution is 2.13. The lowest BCUT2D eigenvalue weighted by atomic mass is 10.1. The summed E-state index contributed by atoms with van der Waals surface area (Å²) in [7, 11) is -8.54. The van der Waals surface area contributed by atoms with Crippen LogP contribution in [0.1, 0.15) is 35.4 Å². The Labute approximate surface area is 283 Å². The first-order valence-electron chi connectivity index (χ1n) is 15.6. The number of fused-ring (bicyclic) bond motifs is 2.